The number of hydrogen-bond donors (Lipinski definition) is 2. The Morgan fingerprint density at radius 1 is 1.86 bits per heavy atom. The molecule has 0 heterocycles. The summed E-state index contributed by atoms with van der Waals surface area (Å²) in [6.45, 7) is 0. The Kier molecular flexibility index (Phi) is 3.50. The molecule has 0 aliphatic heterocycles. The third-order valence-electron chi connectivity index (χ3n) is 0.366. The van der Waals surface area contributed by atoms with Crippen LogP contribution in [0.25, 0.3) is 0 Å². The Morgan fingerprint density at radius 3 is 2.57 bits per heavy atom. The highest BCUT2D eigenvalue weighted by Gasteiger charge is 1.79. The Bertz CT molecular complexity index is 87.7. The first kappa shape index (κ1) is 6.56. The van der Waals surface area contributed by atoms with E-state index in [1.165, 1.54) is 6.08 Å². The summed E-state index contributed by atoms with van der Waals surface area (Å²) in [6.07, 6.45) is 2.53. The van der Waals surface area contributed by atoms with Crippen molar-refractivity contribution >= 4 is 18.6 Å². The molecule has 0 amide bonds. The van der Waals surface area contributed by atoms with E-state index in [2.05, 4.69) is 12.6 Å². The Labute approximate surface area is 47.3 Å². The average Bonchev–Trinajstić information content (AvgIpc) is 1.61. The van der Waals surface area contributed by atoms with E-state index >= 15 is 0 Å². The van der Waals surface area contributed by atoms with Crippen LogP contribution in [0, 0.1) is 0 Å². The standard InChI is InChI=1S/C4H6O2S/c5-4(6)2-1-3-7/h1-2,7H,3H2,(H,5,6). The van der Waals surface area contributed by atoms with Crippen LogP contribution in [0.2, 0.25) is 0 Å². The van der Waals surface area contributed by atoms with Gasteiger partial charge in [0.1, 0.15) is 0 Å². The highest BCUT2D eigenvalue weighted by Crippen LogP contribution is 1.75. The van der Waals surface area contributed by atoms with Gasteiger partial charge in [0.2, 0.25) is 0 Å². The summed E-state index contributed by atoms with van der Waals surface area (Å²) in [6, 6.07) is 0. The molecule has 0 aliphatic rings. The maximum atomic E-state index is 9.64. The molecule has 0 spiro atoms. The summed E-state index contributed by atoms with van der Waals surface area (Å²) in [4.78, 5) is 9.64. The van der Waals surface area contributed by atoms with E-state index in [9.17, 15) is 4.79 Å². The molecule has 2 nitrogen and oxygen atoms in total. The summed E-state index contributed by atoms with van der Waals surface area (Å²) in [7, 11) is 0. The summed E-state index contributed by atoms with van der Waals surface area (Å²) >= 11 is 3.75. The van der Waals surface area contributed by atoms with Crippen molar-refractivity contribution in [2.45, 2.75) is 0 Å². The minimum Gasteiger partial charge on any atom is -0.478 e. The molecule has 0 saturated carbocycles. The predicted molar refractivity (Wildman–Crippen MR) is 30.6 cm³/mol. The van der Waals surface area contributed by atoms with Crippen LogP contribution in [0.1, 0.15) is 0 Å². The van der Waals surface area contributed by atoms with E-state index in [0.717, 1.165) is 6.08 Å². The van der Waals surface area contributed by atoms with Crippen LogP contribution in [-0.4, -0.2) is 16.8 Å². The third-order valence-corrected chi connectivity index (χ3v) is 0.577. The van der Waals surface area contributed by atoms with E-state index in [1.807, 2.05) is 0 Å². The van der Waals surface area contributed by atoms with E-state index in [4.69, 9.17) is 5.11 Å². The molecular weight excluding hydrogens is 112 g/mol. The van der Waals surface area contributed by atoms with Gasteiger partial charge >= 0.3 is 5.97 Å². The number of hydrogen-bond acceptors (Lipinski definition) is 2. The number of carbonyl (C=O) groups is 1. The zero-order chi connectivity index (χ0) is 5.70. The molecule has 0 rings (SSSR count). The van der Waals surface area contributed by atoms with Crippen molar-refractivity contribution in [3.63, 3.8) is 0 Å². The van der Waals surface area contributed by atoms with E-state index in [-0.39, 0.29) is 0 Å². The highest BCUT2D eigenvalue weighted by atomic mass is 32.1. The van der Waals surface area contributed by atoms with Crippen molar-refractivity contribution in [2.24, 2.45) is 0 Å². The van der Waals surface area contributed by atoms with Crippen molar-refractivity contribution in [2.75, 3.05) is 5.75 Å². The summed E-state index contributed by atoms with van der Waals surface area (Å²) in [5.74, 6) is -0.444. The van der Waals surface area contributed by atoms with Gasteiger partial charge in [0.25, 0.3) is 0 Å². The van der Waals surface area contributed by atoms with E-state index in [1.54, 1.807) is 0 Å². The van der Waals surface area contributed by atoms with Gasteiger partial charge in [-0.2, -0.15) is 12.6 Å². The first-order chi connectivity index (χ1) is 3.27. The second-order valence-corrected chi connectivity index (χ2v) is 1.29. The molecule has 0 unspecified atom stereocenters. The van der Waals surface area contributed by atoms with Gasteiger partial charge in [0, 0.05) is 11.8 Å². The molecule has 0 bridgehead atoms. The fraction of sp³-hybridized carbons (Fsp3) is 0.250. The SMILES string of the molecule is O=C(O)C=CCS. The van der Waals surface area contributed by atoms with Crippen LogP contribution in [0.5, 0.6) is 0 Å². The minimum atomic E-state index is -0.922. The van der Waals surface area contributed by atoms with Crippen molar-refractivity contribution in [1.82, 2.24) is 0 Å². The van der Waals surface area contributed by atoms with Crippen LogP contribution in [0.4, 0.5) is 0 Å². The van der Waals surface area contributed by atoms with E-state index < -0.39 is 5.97 Å². The highest BCUT2D eigenvalue weighted by molar-refractivity contribution is 7.80. The number of carboxylic acids is 1. The second kappa shape index (κ2) is 3.74. The normalized spacial score (nSPS) is 9.86. The molecule has 0 aromatic rings. The van der Waals surface area contributed by atoms with Gasteiger partial charge in [-0.15, -0.1) is 0 Å². The van der Waals surface area contributed by atoms with Crippen LogP contribution in [0.3, 0.4) is 0 Å². The van der Waals surface area contributed by atoms with Gasteiger partial charge in [-0.05, 0) is 0 Å². The molecule has 3 heteroatoms. The predicted octanol–water partition coefficient (Wildman–Crippen LogP) is 0.557. The minimum absolute atomic E-state index is 0.478. The lowest BCUT2D eigenvalue weighted by molar-refractivity contribution is -0.131. The van der Waals surface area contributed by atoms with E-state index in [0.29, 0.717) is 5.75 Å². The molecule has 0 radical (unpaired) electrons. The molecule has 0 aromatic carbocycles. The maximum Gasteiger partial charge on any atom is 0.328 e. The Balaban J connectivity index is 3.26. The number of thiol groups is 1. The molecule has 7 heavy (non-hydrogen) atoms. The Hall–Kier alpha value is -0.440. The monoisotopic (exact) mass is 118 g/mol. The lowest BCUT2D eigenvalue weighted by Gasteiger charge is -1.73. The van der Waals surface area contributed by atoms with Gasteiger partial charge in [0.05, 0.1) is 0 Å². The summed E-state index contributed by atoms with van der Waals surface area (Å²) in [5.41, 5.74) is 0. The van der Waals surface area contributed by atoms with Crippen LogP contribution in [-0.2, 0) is 4.79 Å². The molecule has 40 valence electrons. The molecule has 0 aromatic heterocycles. The lowest BCUT2D eigenvalue weighted by atomic mass is 10.5. The molecular formula is C4H6O2S. The number of rotatable bonds is 2. The maximum absolute atomic E-state index is 9.64. The van der Waals surface area contributed by atoms with Crippen LogP contribution in [0.15, 0.2) is 12.2 Å². The van der Waals surface area contributed by atoms with Gasteiger partial charge in [-0.3, -0.25) is 0 Å². The molecule has 0 aliphatic carbocycles. The van der Waals surface area contributed by atoms with Crippen molar-refractivity contribution < 1.29 is 9.90 Å². The van der Waals surface area contributed by atoms with Crippen molar-refractivity contribution in [1.29, 1.82) is 0 Å². The van der Waals surface area contributed by atoms with Crippen molar-refractivity contribution in [3.05, 3.63) is 12.2 Å². The third kappa shape index (κ3) is 5.56. The first-order valence-electron chi connectivity index (χ1n) is 1.77. The lowest BCUT2D eigenvalue weighted by Crippen LogP contribution is -1.85. The smallest absolute Gasteiger partial charge is 0.328 e. The van der Waals surface area contributed by atoms with Gasteiger partial charge < -0.3 is 5.11 Å². The quantitative estimate of drug-likeness (QED) is 0.410. The van der Waals surface area contributed by atoms with Crippen LogP contribution >= 0.6 is 12.6 Å². The fourth-order valence-corrected chi connectivity index (χ4v) is 0.259. The first-order valence-corrected chi connectivity index (χ1v) is 2.41. The van der Waals surface area contributed by atoms with Crippen LogP contribution < -0.4 is 0 Å². The van der Waals surface area contributed by atoms with Gasteiger partial charge in [-0.25, -0.2) is 4.79 Å². The fourth-order valence-electron chi connectivity index (χ4n) is 0.154. The Morgan fingerprint density at radius 2 is 2.43 bits per heavy atom. The summed E-state index contributed by atoms with van der Waals surface area (Å²) in [5, 5.41) is 7.92. The number of aliphatic carboxylic acids is 1. The molecule has 1 N–H and O–H groups in total. The number of carboxylic acid groups (broad SMARTS) is 1. The zero-order valence-corrected chi connectivity index (χ0v) is 4.56. The average molecular weight is 118 g/mol. The van der Waals surface area contributed by atoms with Crippen molar-refractivity contribution in [3.8, 4) is 0 Å². The molecule has 0 atom stereocenters. The van der Waals surface area contributed by atoms with Gasteiger partial charge in [0.15, 0.2) is 0 Å². The molecule has 0 saturated heterocycles. The second-order valence-electron chi connectivity index (χ2n) is 0.923. The largest absolute Gasteiger partial charge is 0.478 e. The topological polar surface area (TPSA) is 37.3 Å². The van der Waals surface area contributed by atoms with Gasteiger partial charge in [-0.1, -0.05) is 6.08 Å². The zero-order valence-electron chi connectivity index (χ0n) is 3.66. The summed E-state index contributed by atoms with van der Waals surface area (Å²) < 4.78 is 0. The molecule has 0 fully saturated rings.